The molecule has 0 aliphatic heterocycles. The van der Waals surface area contributed by atoms with Crippen molar-refractivity contribution in [2.75, 3.05) is 10.6 Å². The first kappa shape index (κ1) is 12.6. The molecule has 1 aromatic carbocycles. The van der Waals surface area contributed by atoms with Gasteiger partial charge >= 0.3 is 6.03 Å². The Labute approximate surface area is 110 Å². The fourth-order valence-corrected chi connectivity index (χ4v) is 2.33. The predicted octanol–water partition coefficient (Wildman–Crippen LogP) is 3.71. The fraction of sp³-hybridized carbons (Fsp3) is 0.231. The Morgan fingerprint density at radius 3 is 2.39 bits per heavy atom. The van der Waals surface area contributed by atoms with Gasteiger partial charge in [-0.3, -0.25) is 5.32 Å². The molecule has 2 aromatic rings. The first-order valence-corrected chi connectivity index (χ1v) is 6.44. The van der Waals surface area contributed by atoms with E-state index in [0.717, 1.165) is 21.7 Å². The van der Waals surface area contributed by atoms with Crippen LogP contribution in [0.25, 0.3) is 0 Å². The molecule has 0 spiro atoms. The number of hydrogen-bond donors (Lipinski definition) is 2. The van der Waals surface area contributed by atoms with Crippen LogP contribution in [0.4, 0.5) is 15.6 Å². The van der Waals surface area contributed by atoms with E-state index in [1.165, 1.54) is 11.3 Å². The van der Waals surface area contributed by atoms with Gasteiger partial charge in [-0.1, -0.05) is 18.2 Å². The molecule has 2 N–H and O–H groups in total. The predicted molar refractivity (Wildman–Crippen MR) is 75.4 cm³/mol. The lowest BCUT2D eigenvalue weighted by atomic mass is 10.1. The summed E-state index contributed by atoms with van der Waals surface area (Å²) in [7, 11) is 0. The summed E-state index contributed by atoms with van der Waals surface area (Å²) >= 11 is 1.45. The molecule has 2 amide bonds. The van der Waals surface area contributed by atoms with Gasteiger partial charge in [-0.15, -0.1) is 11.3 Å². The Bertz CT molecular complexity index is 557. The van der Waals surface area contributed by atoms with Crippen molar-refractivity contribution in [2.45, 2.75) is 20.8 Å². The first-order chi connectivity index (χ1) is 8.56. The lowest BCUT2D eigenvalue weighted by molar-refractivity contribution is 0.262. The van der Waals surface area contributed by atoms with Crippen molar-refractivity contribution in [3.8, 4) is 0 Å². The lowest BCUT2D eigenvalue weighted by Gasteiger charge is -2.11. The van der Waals surface area contributed by atoms with Crippen LogP contribution < -0.4 is 10.6 Å². The highest BCUT2D eigenvalue weighted by molar-refractivity contribution is 7.15. The van der Waals surface area contributed by atoms with Crippen LogP contribution in [0.2, 0.25) is 0 Å². The minimum Gasteiger partial charge on any atom is -0.307 e. The number of carbonyl (C=O) groups is 1. The maximum absolute atomic E-state index is 11.8. The normalized spacial score (nSPS) is 10.2. The molecule has 0 saturated carbocycles. The van der Waals surface area contributed by atoms with Gasteiger partial charge in [0.15, 0.2) is 5.13 Å². The van der Waals surface area contributed by atoms with E-state index in [1.807, 2.05) is 39.0 Å². The third-order valence-corrected chi connectivity index (χ3v) is 3.39. The Kier molecular flexibility index (Phi) is 3.62. The van der Waals surface area contributed by atoms with Gasteiger partial charge in [-0.05, 0) is 31.9 Å². The number of thiazole rings is 1. The molecular formula is C13H15N3OS. The number of para-hydroxylation sites is 1. The number of urea groups is 1. The number of carbonyl (C=O) groups excluding carboxylic acids is 1. The molecule has 0 radical (unpaired) electrons. The van der Waals surface area contributed by atoms with Gasteiger partial charge in [0.25, 0.3) is 0 Å². The van der Waals surface area contributed by atoms with Crippen molar-refractivity contribution < 1.29 is 4.79 Å². The van der Waals surface area contributed by atoms with Gasteiger partial charge in [0.1, 0.15) is 0 Å². The molecule has 0 saturated heterocycles. The van der Waals surface area contributed by atoms with E-state index >= 15 is 0 Å². The number of benzene rings is 1. The smallest absolute Gasteiger partial charge is 0.307 e. The van der Waals surface area contributed by atoms with E-state index in [9.17, 15) is 4.79 Å². The average molecular weight is 261 g/mol. The van der Waals surface area contributed by atoms with Crippen LogP contribution in [0.5, 0.6) is 0 Å². The first-order valence-electron chi connectivity index (χ1n) is 5.63. The van der Waals surface area contributed by atoms with Crippen molar-refractivity contribution in [1.82, 2.24) is 4.98 Å². The van der Waals surface area contributed by atoms with Crippen LogP contribution in [0.15, 0.2) is 24.4 Å². The van der Waals surface area contributed by atoms with E-state index in [2.05, 4.69) is 15.6 Å². The Hall–Kier alpha value is -1.88. The highest BCUT2D eigenvalue weighted by atomic mass is 32.1. The molecule has 0 aliphatic rings. The molecule has 94 valence electrons. The van der Waals surface area contributed by atoms with Crippen LogP contribution in [0, 0.1) is 20.8 Å². The molecule has 0 aliphatic carbocycles. The van der Waals surface area contributed by atoms with Gasteiger partial charge in [0.05, 0.1) is 0 Å². The minimum atomic E-state index is -0.262. The maximum Gasteiger partial charge on any atom is 0.325 e. The summed E-state index contributed by atoms with van der Waals surface area (Å²) < 4.78 is 0. The molecule has 18 heavy (non-hydrogen) atoms. The quantitative estimate of drug-likeness (QED) is 0.865. The lowest BCUT2D eigenvalue weighted by Crippen LogP contribution is -2.20. The van der Waals surface area contributed by atoms with Crippen molar-refractivity contribution in [3.63, 3.8) is 0 Å². The number of nitrogens with zero attached hydrogens (tertiary/aromatic N) is 1. The van der Waals surface area contributed by atoms with Crippen LogP contribution >= 0.6 is 11.3 Å². The summed E-state index contributed by atoms with van der Waals surface area (Å²) in [4.78, 5) is 17.0. The Morgan fingerprint density at radius 2 is 1.83 bits per heavy atom. The zero-order chi connectivity index (χ0) is 13.1. The highest BCUT2D eigenvalue weighted by Gasteiger charge is 2.08. The van der Waals surface area contributed by atoms with Gasteiger partial charge < -0.3 is 5.32 Å². The van der Waals surface area contributed by atoms with E-state index in [4.69, 9.17) is 0 Å². The molecule has 5 heteroatoms. The molecule has 0 bridgehead atoms. The second-order valence-electron chi connectivity index (χ2n) is 4.12. The molecule has 2 rings (SSSR count). The zero-order valence-electron chi connectivity index (χ0n) is 10.6. The van der Waals surface area contributed by atoms with Gasteiger partial charge in [0, 0.05) is 16.8 Å². The second kappa shape index (κ2) is 5.18. The number of hydrogen-bond acceptors (Lipinski definition) is 3. The third-order valence-electron chi connectivity index (χ3n) is 2.56. The largest absolute Gasteiger partial charge is 0.325 e. The summed E-state index contributed by atoms with van der Waals surface area (Å²) in [5, 5.41) is 6.18. The SMILES string of the molecule is Cc1cnc(NC(=O)Nc2c(C)cccc2C)s1. The number of amides is 2. The van der Waals surface area contributed by atoms with Crippen LogP contribution in [-0.4, -0.2) is 11.0 Å². The van der Waals surface area contributed by atoms with E-state index in [0.29, 0.717) is 5.13 Å². The van der Waals surface area contributed by atoms with Crippen LogP contribution in [0.3, 0.4) is 0 Å². The van der Waals surface area contributed by atoms with Crippen molar-refractivity contribution in [2.24, 2.45) is 0 Å². The number of aromatic nitrogens is 1. The molecule has 0 fully saturated rings. The van der Waals surface area contributed by atoms with Crippen molar-refractivity contribution in [1.29, 1.82) is 0 Å². The standard InChI is InChI=1S/C13H15N3OS/c1-8-5-4-6-9(2)11(8)15-12(17)16-13-14-7-10(3)18-13/h4-7H,1-3H3,(H2,14,15,16,17). The van der Waals surface area contributed by atoms with Gasteiger partial charge in [0.2, 0.25) is 0 Å². The van der Waals surface area contributed by atoms with Crippen molar-refractivity contribution >= 4 is 28.2 Å². The Morgan fingerprint density at radius 1 is 1.17 bits per heavy atom. The van der Waals surface area contributed by atoms with Crippen LogP contribution in [0.1, 0.15) is 16.0 Å². The summed E-state index contributed by atoms with van der Waals surface area (Å²) in [5.74, 6) is 0. The second-order valence-corrected chi connectivity index (χ2v) is 5.36. The monoisotopic (exact) mass is 261 g/mol. The summed E-state index contributed by atoms with van der Waals surface area (Å²) in [5.41, 5.74) is 2.93. The number of aryl methyl sites for hydroxylation is 3. The molecule has 0 unspecified atom stereocenters. The maximum atomic E-state index is 11.8. The molecular weight excluding hydrogens is 246 g/mol. The average Bonchev–Trinajstić information content (AvgIpc) is 2.69. The summed E-state index contributed by atoms with van der Waals surface area (Å²) in [6.07, 6.45) is 1.74. The fourth-order valence-electron chi connectivity index (χ4n) is 1.67. The Balaban J connectivity index is 2.08. The molecule has 1 heterocycles. The molecule has 1 aromatic heterocycles. The summed E-state index contributed by atoms with van der Waals surface area (Å²) in [6, 6.07) is 5.64. The van der Waals surface area contributed by atoms with Gasteiger partial charge in [-0.25, -0.2) is 9.78 Å². The van der Waals surface area contributed by atoms with E-state index in [-0.39, 0.29) is 6.03 Å². The topological polar surface area (TPSA) is 54.0 Å². The molecule has 4 nitrogen and oxygen atoms in total. The minimum absolute atomic E-state index is 0.262. The van der Waals surface area contributed by atoms with Crippen molar-refractivity contribution in [3.05, 3.63) is 40.4 Å². The zero-order valence-corrected chi connectivity index (χ0v) is 11.4. The third kappa shape index (κ3) is 2.87. The number of anilines is 2. The highest BCUT2D eigenvalue weighted by Crippen LogP contribution is 2.21. The van der Waals surface area contributed by atoms with E-state index in [1.54, 1.807) is 6.20 Å². The van der Waals surface area contributed by atoms with E-state index < -0.39 is 0 Å². The van der Waals surface area contributed by atoms with Gasteiger partial charge in [-0.2, -0.15) is 0 Å². The number of nitrogens with one attached hydrogen (secondary N) is 2. The van der Waals surface area contributed by atoms with Crippen LogP contribution in [-0.2, 0) is 0 Å². The molecule has 0 atom stereocenters. The summed E-state index contributed by atoms with van der Waals surface area (Å²) in [6.45, 7) is 5.89. The number of rotatable bonds is 2.